The van der Waals surface area contributed by atoms with Crippen molar-refractivity contribution in [1.29, 1.82) is 0 Å². The highest BCUT2D eigenvalue weighted by Crippen LogP contribution is 2.38. The van der Waals surface area contributed by atoms with Crippen molar-refractivity contribution in [2.75, 3.05) is 67.1 Å². The van der Waals surface area contributed by atoms with Gasteiger partial charge in [-0.05, 0) is 18.1 Å². The summed E-state index contributed by atoms with van der Waals surface area (Å²) in [6.07, 6.45) is -4.57. The Kier molecular flexibility index (Phi) is 10.5. The molecule has 0 spiro atoms. The zero-order valence-corrected chi connectivity index (χ0v) is 26.6. The van der Waals surface area contributed by atoms with Crippen LogP contribution in [0.25, 0.3) is 0 Å². The number of piperazine rings is 2. The molecule has 0 radical (unpaired) electrons. The molecule has 3 aromatic rings. The maximum absolute atomic E-state index is 13.3. The zero-order chi connectivity index (χ0) is 32.8. The van der Waals surface area contributed by atoms with Gasteiger partial charge in [-0.25, -0.2) is 4.79 Å². The molecule has 2 atom stereocenters. The molecule has 2 aliphatic rings. The number of nitrogens with zero attached hydrogens (tertiary/aromatic N) is 6. The molecule has 2 amide bonds. The first-order valence-electron chi connectivity index (χ1n) is 15.4. The average Bonchev–Trinajstić information content (AvgIpc) is 3.04. The van der Waals surface area contributed by atoms with Crippen LogP contribution >= 0.6 is 0 Å². The van der Waals surface area contributed by atoms with Gasteiger partial charge >= 0.3 is 18.2 Å². The smallest absolute Gasteiger partial charge is 0.422 e. The molecule has 2 aromatic carbocycles. The maximum Gasteiger partial charge on any atom is 0.422 e. The van der Waals surface area contributed by atoms with Gasteiger partial charge in [-0.2, -0.15) is 23.1 Å². The third-order valence-corrected chi connectivity index (χ3v) is 8.36. The van der Waals surface area contributed by atoms with E-state index in [2.05, 4.69) is 44.0 Å². The number of hydrogen-bond donors (Lipinski definition) is 0. The van der Waals surface area contributed by atoms with Crippen molar-refractivity contribution in [3.05, 3.63) is 77.4 Å². The summed E-state index contributed by atoms with van der Waals surface area (Å²) in [5.74, 6) is -0.157. The molecule has 2 fully saturated rings. The second kappa shape index (κ2) is 14.5. The lowest BCUT2D eigenvalue weighted by Gasteiger charge is -2.53. The van der Waals surface area contributed by atoms with Crippen LogP contribution in [0.4, 0.5) is 18.0 Å². The van der Waals surface area contributed by atoms with Gasteiger partial charge < -0.3 is 24.0 Å². The number of hydrogen-bond acceptors (Lipinski definition) is 8. The molecule has 2 unspecified atom stereocenters. The number of halogens is 3. The fraction of sp³-hybridized carbons (Fsp3) is 0.485. The van der Waals surface area contributed by atoms with Gasteiger partial charge in [0, 0.05) is 71.4 Å². The minimum absolute atomic E-state index is 0.0109. The lowest BCUT2D eigenvalue weighted by atomic mass is 9.81. The molecular weight excluding hydrogens is 601 g/mol. The van der Waals surface area contributed by atoms with E-state index in [1.807, 2.05) is 41.3 Å². The summed E-state index contributed by atoms with van der Waals surface area (Å²) < 4.78 is 56.1. The number of methoxy groups -OCH3 is 1. The first-order valence-corrected chi connectivity index (χ1v) is 15.4. The Morgan fingerprint density at radius 3 is 2.13 bits per heavy atom. The number of rotatable bonds is 10. The van der Waals surface area contributed by atoms with E-state index in [4.69, 9.17) is 14.2 Å². The third-order valence-electron chi connectivity index (χ3n) is 8.36. The molecule has 2 aliphatic heterocycles. The quantitative estimate of drug-likeness (QED) is 0.320. The molecule has 0 N–H and O–H groups in total. The van der Waals surface area contributed by atoms with Gasteiger partial charge in [0.15, 0.2) is 6.61 Å². The van der Waals surface area contributed by atoms with Crippen molar-refractivity contribution < 1.29 is 32.2 Å². The summed E-state index contributed by atoms with van der Waals surface area (Å²) in [6, 6.07) is 20.4. The monoisotopic (exact) mass is 642 g/mol. The maximum atomic E-state index is 13.3. The van der Waals surface area contributed by atoms with Crippen LogP contribution in [0.15, 0.2) is 60.7 Å². The number of fused-ring (bicyclic) bond motifs is 1. The number of carbonyl (C=O) groups is 1. The molecular formula is C33H41F3N6O4. The molecule has 248 valence electrons. The van der Waals surface area contributed by atoms with Gasteiger partial charge in [-0.3, -0.25) is 9.80 Å². The number of ether oxygens (including phenoxy) is 3. The number of urea groups is 1. The molecule has 2 saturated heterocycles. The number of aromatic nitrogens is 2. The number of amides is 2. The minimum atomic E-state index is -4.57. The largest absolute Gasteiger partial charge is 0.481 e. The van der Waals surface area contributed by atoms with Crippen LogP contribution in [-0.2, 0) is 6.54 Å². The van der Waals surface area contributed by atoms with E-state index in [9.17, 15) is 18.0 Å². The van der Waals surface area contributed by atoms with Crippen molar-refractivity contribution in [3.8, 4) is 17.8 Å². The summed E-state index contributed by atoms with van der Waals surface area (Å²) in [5, 5.41) is 0. The van der Waals surface area contributed by atoms with Crippen LogP contribution in [0.5, 0.6) is 17.8 Å². The Morgan fingerprint density at radius 2 is 1.57 bits per heavy atom. The highest BCUT2D eigenvalue weighted by atomic mass is 19.4. The fourth-order valence-electron chi connectivity index (χ4n) is 6.47. The summed E-state index contributed by atoms with van der Waals surface area (Å²) in [4.78, 5) is 29.7. The van der Waals surface area contributed by atoms with Crippen molar-refractivity contribution in [3.63, 3.8) is 0 Å². The molecule has 1 aromatic heterocycles. The summed E-state index contributed by atoms with van der Waals surface area (Å²) in [7, 11) is 4.89. The molecule has 5 rings (SSSR count). The van der Waals surface area contributed by atoms with Crippen molar-refractivity contribution >= 4 is 6.03 Å². The minimum Gasteiger partial charge on any atom is -0.481 e. The van der Waals surface area contributed by atoms with Crippen molar-refractivity contribution in [1.82, 2.24) is 29.6 Å². The van der Waals surface area contributed by atoms with Gasteiger partial charge in [0.2, 0.25) is 11.8 Å². The molecule has 10 nitrogen and oxygen atoms in total. The Labute approximate surface area is 267 Å². The number of carbonyl (C=O) groups excluding carboxylic acids is 1. The number of alkyl halides is 3. The SMILES string of the molecule is CCOc1nc(OC)c(CN2CC3CN(C(=O)N(C)C)CCN3C(C(c3ccccc3)c3ccccc3)C2)c(OCC(F)(F)F)n1. The second-order valence-electron chi connectivity index (χ2n) is 11.7. The summed E-state index contributed by atoms with van der Waals surface area (Å²) >= 11 is 0. The predicted molar refractivity (Wildman–Crippen MR) is 166 cm³/mol. The molecule has 46 heavy (non-hydrogen) atoms. The van der Waals surface area contributed by atoms with E-state index in [0.29, 0.717) is 38.3 Å². The van der Waals surface area contributed by atoms with Crippen molar-refractivity contribution in [2.24, 2.45) is 0 Å². The van der Waals surface area contributed by atoms with Crippen LogP contribution in [0.3, 0.4) is 0 Å². The fourth-order valence-corrected chi connectivity index (χ4v) is 6.47. The predicted octanol–water partition coefficient (Wildman–Crippen LogP) is 4.51. The standard InChI is InChI=1S/C33H41F3N6O4/c1-5-45-31-37-29(44-4)26(30(38-31)46-22-33(34,35)36)20-40-18-25-19-41(32(43)39(2)3)16-17-42(25)27(21-40)28(23-12-8-6-9-13-23)24-14-10-7-11-15-24/h6-15,25,27-28H,5,16-22H2,1-4H3. The zero-order valence-electron chi connectivity index (χ0n) is 26.6. The van der Waals surface area contributed by atoms with Crippen LogP contribution in [0.2, 0.25) is 0 Å². The topological polar surface area (TPSA) is 83.5 Å². The second-order valence-corrected chi connectivity index (χ2v) is 11.7. The Morgan fingerprint density at radius 1 is 0.935 bits per heavy atom. The molecule has 0 bridgehead atoms. The van der Waals surface area contributed by atoms with E-state index in [-0.39, 0.29) is 55.0 Å². The molecule has 0 aliphatic carbocycles. The van der Waals surface area contributed by atoms with Crippen LogP contribution in [0, 0.1) is 0 Å². The Bertz CT molecular complexity index is 1410. The summed E-state index contributed by atoms with van der Waals surface area (Å²) in [6.45, 7) is 3.52. The van der Waals surface area contributed by atoms with Gasteiger partial charge in [0.1, 0.15) is 0 Å². The van der Waals surface area contributed by atoms with E-state index >= 15 is 0 Å². The molecule has 13 heteroatoms. The van der Waals surface area contributed by atoms with Gasteiger partial charge in [0.05, 0.1) is 19.3 Å². The first kappa shape index (κ1) is 33.3. The first-order chi connectivity index (χ1) is 22.1. The lowest BCUT2D eigenvalue weighted by Crippen LogP contribution is -2.67. The lowest BCUT2D eigenvalue weighted by molar-refractivity contribution is -0.154. The highest BCUT2D eigenvalue weighted by molar-refractivity contribution is 5.74. The van der Waals surface area contributed by atoms with E-state index in [1.165, 1.54) is 7.11 Å². The van der Waals surface area contributed by atoms with Crippen molar-refractivity contribution in [2.45, 2.75) is 37.6 Å². The normalized spacial score (nSPS) is 19.1. The van der Waals surface area contributed by atoms with Gasteiger partial charge in [0.25, 0.3) is 0 Å². The van der Waals surface area contributed by atoms with E-state index < -0.39 is 12.8 Å². The third kappa shape index (κ3) is 7.81. The van der Waals surface area contributed by atoms with Crippen LogP contribution in [0.1, 0.15) is 29.5 Å². The number of benzene rings is 2. The van der Waals surface area contributed by atoms with Crippen LogP contribution in [-0.4, -0.2) is 121 Å². The van der Waals surface area contributed by atoms with Gasteiger partial charge in [-0.15, -0.1) is 0 Å². The Hall–Kier alpha value is -4.10. The summed E-state index contributed by atoms with van der Waals surface area (Å²) in [5.41, 5.74) is 2.61. The van der Waals surface area contributed by atoms with E-state index in [0.717, 1.165) is 11.1 Å². The highest BCUT2D eigenvalue weighted by Gasteiger charge is 2.43. The molecule has 0 saturated carbocycles. The molecule has 3 heterocycles. The van der Waals surface area contributed by atoms with Crippen LogP contribution < -0.4 is 14.2 Å². The Balaban J connectivity index is 1.54. The van der Waals surface area contributed by atoms with E-state index in [1.54, 1.807) is 25.9 Å². The van der Waals surface area contributed by atoms with Gasteiger partial charge in [-0.1, -0.05) is 60.7 Å². The average molecular weight is 643 g/mol.